The molecular formula is C13H10FN5O2S. The van der Waals surface area contributed by atoms with E-state index in [9.17, 15) is 12.8 Å². The minimum Gasteiger partial charge on any atom is -0.263 e. The predicted octanol–water partition coefficient (Wildman–Crippen LogP) is 1.60. The molecule has 3 aromatic rings. The molecule has 0 unspecified atom stereocenters. The normalized spacial score (nSPS) is 11.3. The molecule has 1 N–H and O–H groups in total. The SMILES string of the molecule is O=S(=O)(Nc1cc(-n2cccn2)ncn1)c1ccc(F)cc1. The van der Waals surface area contributed by atoms with Crippen LogP contribution in [0.3, 0.4) is 0 Å². The maximum atomic E-state index is 12.9. The maximum absolute atomic E-state index is 12.9. The van der Waals surface area contributed by atoms with Crippen LogP contribution >= 0.6 is 0 Å². The summed E-state index contributed by atoms with van der Waals surface area (Å²) in [4.78, 5) is 7.80. The van der Waals surface area contributed by atoms with Gasteiger partial charge in [-0.2, -0.15) is 5.10 Å². The van der Waals surface area contributed by atoms with Crippen molar-refractivity contribution in [2.45, 2.75) is 4.90 Å². The van der Waals surface area contributed by atoms with Crippen molar-refractivity contribution in [1.29, 1.82) is 0 Å². The monoisotopic (exact) mass is 319 g/mol. The second-order valence-corrected chi connectivity index (χ2v) is 5.95. The summed E-state index contributed by atoms with van der Waals surface area (Å²) in [7, 11) is -3.85. The van der Waals surface area contributed by atoms with Crippen molar-refractivity contribution in [3.63, 3.8) is 0 Å². The predicted molar refractivity (Wildman–Crippen MR) is 76.4 cm³/mol. The van der Waals surface area contributed by atoms with Crippen molar-refractivity contribution in [2.24, 2.45) is 0 Å². The van der Waals surface area contributed by atoms with Gasteiger partial charge in [0.25, 0.3) is 10.0 Å². The Labute approximate surface area is 125 Å². The Balaban J connectivity index is 1.89. The van der Waals surface area contributed by atoms with Crippen molar-refractivity contribution in [3.8, 4) is 5.82 Å². The number of sulfonamides is 1. The number of rotatable bonds is 4. The molecule has 0 fully saturated rings. The number of hydrogen-bond donors (Lipinski definition) is 1. The van der Waals surface area contributed by atoms with Crippen molar-refractivity contribution in [1.82, 2.24) is 19.7 Å². The lowest BCUT2D eigenvalue weighted by Crippen LogP contribution is -2.14. The Morgan fingerprint density at radius 2 is 1.91 bits per heavy atom. The zero-order valence-electron chi connectivity index (χ0n) is 11.1. The smallest absolute Gasteiger partial charge is 0.263 e. The Morgan fingerprint density at radius 3 is 2.59 bits per heavy atom. The summed E-state index contributed by atoms with van der Waals surface area (Å²) in [5, 5.41) is 4.00. The quantitative estimate of drug-likeness (QED) is 0.789. The van der Waals surface area contributed by atoms with Gasteiger partial charge in [-0.05, 0) is 30.3 Å². The molecule has 0 bridgehead atoms. The first kappa shape index (κ1) is 14.1. The van der Waals surface area contributed by atoms with E-state index in [0.29, 0.717) is 5.82 Å². The van der Waals surface area contributed by atoms with Crippen LogP contribution in [-0.2, 0) is 10.0 Å². The van der Waals surface area contributed by atoms with Crippen LogP contribution in [0.5, 0.6) is 0 Å². The van der Waals surface area contributed by atoms with Crippen molar-refractivity contribution < 1.29 is 12.8 Å². The summed E-state index contributed by atoms with van der Waals surface area (Å²) in [6.07, 6.45) is 4.46. The van der Waals surface area contributed by atoms with Gasteiger partial charge in [0.1, 0.15) is 18.0 Å². The first-order chi connectivity index (χ1) is 10.5. The minimum absolute atomic E-state index is 0.0619. The lowest BCUT2D eigenvalue weighted by molar-refractivity contribution is 0.599. The molecule has 0 radical (unpaired) electrons. The lowest BCUT2D eigenvalue weighted by atomic mass is 10.4. The van der Waals surface area contributed by atoms with E-state index in [-0.39, 0.29) is 10.7 Å². The number of nitrogens with one attached hydrogen (secondary N) is 1. The number of anilines is 1. The highest BCUT2D eigenvalue weighted by Gasteiger charge is 2.15. The van der Waals surface area contributed by atoms with Crippen LogP contribution in [0.4, 0.5) is 10.2 Å². The molecule has 2 heterocycles. The minimum atomic E-state index is -3.85. The van der Waals surface area contributed by atoms with Crippen LogP contribution in [0.1, 0.15) is 0 Å². The van der Waals surface area contributed by atoms with Crippen LogP contribution < -0.4 is 4.72 Å². The molecule has 0 amide bonds. The van der Waals surface area contributed by atoms with E-state index in [1.165, 1.54) is 29.2 Å². The molecule has 0 aliphatic carbocycles. The molecule has 0 atom stereocenters. The van der Waals surface area contributed by atoms with Gasteiger partial charge in [0.15, 0.2) is 5.82 Å². The van der Waals surface area contributed by atoms with E-state index >= 15 is 0 Å². The van der Waals surface area contributed by atoms with Crippen LogP contribution in [0.25, 0.3) is 5.82 Å². The third-order valence-electron chi connectivity index (χ3n) is 2.75. The van der Waals surface area contributed by atoms with Gasteiger partial charge < -0.3 is 0 Å². The Kier molecular flexibility index (Phi) is 3.55. The Morgan fingerprint density at radius 1 is 1.14 bits per heavy atom. The van der Waals surface area contributed by atoms with Crippen LogP contribution in [0, 0.1) is 5.82 Å². The molecule has 2 aromatic heterocycles. The average Bonchev–Trinajstić information content (AvgIpc) is 3.02. The number of nitrogens with zero attached hydrogens (tertiary/aromatic N) is 4. The van der Waals surface area contributed by atoms with Crippen LogP contribution in [0.2, 0.25) is 0 Å². The summed E-state index contributed by atoms with van der Waals surface area (Å²) in [6, 6.07) is 7.65. The molecule has 3 rings (SSSR count). The molecule has 0 saturated heterocycles. The fourth-order valence-corrected chi connectivity index (χ4v) is 2.74. The maximum Gasteiger partial charge on any atom is 0.263 e. The van der Waals surface area contributed by atoms with Gasteiger partial charge in [-0.3, -0.25) is 4.72 Å². The van der Waals surface area contributed by atoms with Gasteiger partial charge in [0.05, 0.1) is 4.90 Å². The number of halogens is 1. The number of hydrogen-bond acceptors (Lipinski definition) is 5. The van der Waals surface area contributed by atoms with Gasteiger partial charge >= 0.3 is 0 Å². The van der Waals surface area contributed by atoms with E-state index in [1.807, 2.05) is 0 Å². The van der Waals surface area contributed by atoms with Crippen molar-refractivity contribution in [3.05, 3.63) is 60.9 Å². The highest BCUT2D eigenvalue weighted by atomic mass is 32.2. The van der Waals surface area contributed by atoms with Gasteiger partial charge in [0.2, 0.25) is 0 Å². The summed E-state index contributed by atoms with van der Waals surface area (Å²) in [5.41, 5.74) is 0. The van der Waals surface area contributed by atoms with Crippen molar-refractivity contribution in [2.75, 3.05) is 4.72 Å². The molecule has 22 heavy (non-hydrogen) atoms. The Bertz CT molecular complexity index is 879. The van der Waals surface area contributed by atoms with Gasteiger partial charge in [0, 0.05) is 18.5 Å². The summed E-state index contributed by atoms with van der Waals surface area (Å²) in [6.45, 7) is 0. The lowest BCUT2D eigenvalue weighted by Gasteiger charge is -2.08. The van der Waals surface area contributed by atoms with Crippen LogP contribution in [-0.4, -0.2) is 28.2 Å². The van der Waals surface area contributed by atoms with E-state index in [1.54, 1.807) is 18.5 Å². The standard InChI is InChI=1S/C13H10FN5O2S/c14-10-2-4-11(5-3-10)22(20,21)18-12-8-13(16-9-15-12)19-7-1-6-17-19/h1-9H,(H,15,16,18). The zero-order chi connectivity index (χ0) is 15.6. The molecular weight excluding hydrogens is 309 g/mol. The molecule has 0 aliphatic heterocycles. The molecule has 112 valence electrons. The number of aromatic nitrogens is 4. The summed E-state index contributed by atoms with van der Waals surface area (Å²) in [5.74, 6) is -0.0106. The van der Waals surface area contributed by atoms with Crippen molar-refractivity contribution >= 4 is 15.8 Å². The molecule has 0 saturated carbocycles. The molecule has 0 aliphatic rings. The molecule has 0 spiro atoms. The second-order valence-electron chi connectivity index (χ2n) is 4.27. The molecule has 1 aromatic carbocycles. The second kappa shape index (κ2) is 5.53. The first-order valence-electron chi connectivity index (χ1n) is 6.15. The van der Waals surface area contributed by atoms with Gasteiger partial charge in [-0.1, -0.05) is 0 Å². The third kappa shape index (κ3) is 2.93. The van der Waals surface area contributed by atoms with E-state index in [0.717, 1.165) is 12.1 Å². The van der Waals surface area contributed by atoms with E-state index < -0.39 is 15.8 Å². The fourth-order valence-electron chi connectivity index (χ4n) is 1.74. The fraction of sp³-hybridized carbons (Fsp3) is 0. The largest absolute Gasteiger partial charge is 0.263 e. The zero-order valence-corrected chi connectivity index (χ0v) is 11.9. The first-order valence-corrected chi connectivity index (χ1v) is 7.63. The third-order valence-corrected chi connectivity index (χ3v) is 4.13. The highest BCUT2D eigenvalue weighted by molar-refractivity contribution is 7.92. The van der Waals surface area contributed by atoms with Gasteiger partial charge in [-0.15, -0.1) is 0 Å². The summed E-state index contributed by atoms with van der Waals surface area (Å²) < 4.78 is 41.0. The average molecular weight is 319 g/mol. The Hall–Kier alpha value is -2.81. The van der Waals surface area contributed by atoms with E-state index in [4.69, 9.17) is 0 Å². The van der Waals surface area contributed by atoms with Gasteiger partial charge in [-0.25, -0.2) is 27.5 Å². The number of benzene rings is 1. The molecule has 7 nitrogen and oxygen atoms in total. The van der Waals surface area contributed by atoms with Crippen LogP contribution in [0.15, 0.2) is 60.0 Å². The van der Waals surface area contributed by atoms with E-state index in [2.05, 4.69) is 19.8 Å². The highest BCUT2D eigenvalue weighted by Crippen LogP contribution is 2.15. The summed E-state index contributed by atoms with van der Waals surface area (Å²) >= 11 is 0. The molecule has 9 heteroatoms. The topological polar surface area (TPSA) is 89.8 Å².